The number of carbonyl (C=O) groups is 1. The second-order valence-electron chi connectivity index (χ2n) is 17.9. The lowest BCUT2D eigenvalue weighted by Gasteiger charge is -2.40. The number of carbonyl (C=O) groups excluding carboxylic acids is 1. The Morgan fingerprint density at radius 1 is 0.530 bits per heavy atom. The first-order valence-corrected chi connectivity index (χ1v) is 26.5. The van der Waals surface area contributed by atoms with Crippen molar-refractivity contribution in [2.75, 3.05) is 13.2 Å². The molecule has 0 aromatic heterocycles. The van der Waals surface area contributed by atoms with E-state index in [0.717, 1.165) is 89.9 Å². The minimum absolute atomic E-state index is 0.187. The molecule has 9 heteroatoms. The molecule has 0 bridgehead atoms. The number of ether oxygens (including phenoxy) is 2. The van der Waals surface area contributed by atoms with E-state index in [2.05, 4.69) is 104 Å². The highest BCUT2D eigenvalue weighted by Gasteiger charge is 2.44. The van der Waals surface area contributed by atoms with Crippen LogP contribution in [0, 0.1) is 0 Å². The third-order valence-electron chi connectivity index (χ3n) is 11.9. The van der Waals surface area contributed by atoms with Crippen molar-refractivity contribution < 1.29 is 39.8 Å². The predicted molar refractivity (Wildman–Crippen MR) is 276 cm³/mol. The SMILES string of the molecule is CC/C=C\C/C=C\C/C=C\C/C=C\C/C=C\C/C=C\C/C=C\CCCCCCCCCCCCCC(=O)NC(COC1OC(CO)C(O)C(O)C1O)C(O)/C=C/CCCCCCCCCC. The Kier molecular flexibility index (Phi) is 42.5. The molecule has 0 aromatic rings. The van der Waals surface area contributed by atoms with Gasteiger partial charge in [-0.05, 0) is 77.0 Å². The van der Waals surface area contributed by atoms with Crippen LogP contribution in [-0.2, 0) is 14.3 Å². The van der Waals surface area contributed by atoms with Gasteiger partial charge in [0.15, 0.2) is 6.29 Å². The number of amides is 1. The van der Waals surface area contributed by atoms with E-state index in [1.165, 1.54) is 89.9 Å². The molecule has 1 fully saturated rings. The molecule has 0 aliphatic carbocycles. The van der Waals surface area contributed by atoms with Gasteiger partial charge < -0.3 is 40.3 Å². The van der Waals surface area contributed by atoms with E-state index >= 15 is 0 Å². The topological polar surface area (TPSA) is 149 Å². The maximum absolute atomic E-state index is 13.0. The van der Waals surface area contributed by atoms with E-state index in [1.54, 1.807) is 6.08 Å². The summed E-state index contributed by atoms with van der Waals surface area (Å²) in [5.74, 6) is -0.187. The molecule has 6 N–H and O–H groups in total. The maximum Gasteiger partial charge on any atom is 0.220 e. The average Bonchev–Trinajstić information content (AvgIpc) is 3.32. The summed E-state index contributed by atoms with van der Waals surface area (Å²) in [5.41, 5.74) is 0. The van der Waals surface area contributed by atoms with E-state index in [0.29, 0.717) is 6.42 Å². The zero-order valence-corrected chi connectivity index (χ0v) is 41.7. The first-order chi connectivity index (χ1) is 32.3. The highest BCUT2D eigenvalue weighted by molar-refractivity contribution is 5.76. The minimum atomic E-state index is -1.57. The van der Waals surface area contributed by atoms with Gasteiger partial charge in [-0.3, -0.25) is 4.79 Å². The van der Waals surface area contributed by atoms with Crippen molar-refractivity contribution in [2.24, 2.45) is 0 Å². The maximum atomic E-state index is 13.0. The lowest BCUT2D eigenvalue weighted by atomic mass is 9.99. The monoisotopic (exact) mass is 924 g/mol. The summed E-state index contributed by atoms with van der Waals surface area (Å²) < 4.78 is 11.2. The van der Waals surface area contributed by atoms with Gasteiger partial charge in [0.25, 0.3) is 0 Å². The Bertz CT molecular complexity index is 1350. The summed E-state index contributed by atoms with van der Waals surface area (Å²) in [6.07, 6.45) is 59.0. The smallest absolute Gasteiger partial charge is 0.220 e. The number of allylic oxidation sites excluding steroid dienone is 15. The Labute approximate surface area is 403 Å². The molecule has 7 unspecified atom stereocenters. The first-order valence-electron chi connectivity index (χ1n) is 26.5. The molecule has 1 saturated heterocycles. The van der Waals surface area contributed by atoms with Crippen LogP contribution >= 0.6 is 0 Å². The van der Waals surface area contributed by atoms with Gasteiger partial charge in [-0.25, -0.2) is 0 Å². The van der Waals surface area contributed by atoms with Crippen LogP contribution in [0.15, 0.2) is 97.2 Å². The van der Waals surface area contributed by atoms with Crippen molar-refractivity contribution in [2.45, 2.75) is 243 Å². The first kappa shape index (κ1) is 61.1. The van der Waals surface area contributed by atoms with Crippen LogP contribution in [0.1, 0.15) is 200 Å². The van der Waals surface area contributed by atoms with Gasteiger partial charge in [0.05, 0.1) is 25.4 Å². The summed E-state index contributed by atoms with van der Waals surface area (Å²) in [5, 5.41) is 54.2. The van der Waals surface area contributed by atoms with Gasteiger partial charge >= 0.3 is 0 Å². The van der Waals surface area contributed by atoms with Crippen LogP contribution < -0.4 is 5.32 Å². The summed E-state index contributed by atoms with van der Waals surface area (Å²) in [4.78, 5) is 13.0. The predicted octanol–water partition coefficient (Wildman–Crippen LogP) is 12.5. The van der Waals surface area contributed by atoms with Crippen molar-refractivity contribution in [3.05, 3.63) is 97.2 Å². The second-order valence-corrected chi connectivity index (χ2v) is 17.9. The number of aliphatic hydroxyl groups excluding tert-OH is 5. The van der Waals surface area contributed by atoms with E-state index < -0.39 is 49.5 Å². The van der Waals surface area contributed by atoms with Crippen LogP contribution in [0.25, 0.3) is 0 Å². The summed E-state index contributed by atoms with van der Waals surface area (Å²) in [7, 11) is 0. The van der Waals surface area contributed by atoms with Crippen molar-refractivity contribution in [1.82, 2.24) is 5.32 Å². The molecule has 0 aromatic carbocycles. The summed E-state index contributed by atoms with van der Waals surface area (Å²) in [6.45, 7) is 3.62. The zero-order valence-electron chi connectivity index (χ0n) is 41.7. The molecule has 1 aliphatic rings. The molecule has 1 rings (SSSR count). The van der Waals surface area contributed by atoms with Crippen LogP contribution in [0.2, 0.25) is 0 Å². The molecule has 66 heavy (non-hydrogen) atoms. The molecule has 1 amide bonds. The van der Waals surface area contributed by atoms with Crippen LogP contribution in [0.4, 0.5) is 0 Å². The largest absolute Gasteiger partial charge is 0.394 e. The van der Waals surface area contributed by atoms with Crippen LogP contribution in [-0.4, -0.2) is 87.5 Å². The number of rotatable bonds is 43. The Hall–Kier alpha value is -2.89. The van der Waals surface area contributed by atoms with Crippen LogP contribution in [0.5, 0.6) is 0 Å². The summed E-state index contributed by atoms with van der Waals surface area (Å²) in [6, 6.07) is -0.810. The van der Waals surface area contributed by atoms with Gasteiger partial charge in [-0.15, -0.1) is 0 Å². The molecule has 7 atom stereocenters. The quantitative estimate of drug-likeness (QED) is 0.0262. The standard InChI is InChI=1S/C57H97NO8/c1-3-5-7-9-11-13-15-16-17-18-19-20-21-22-23-24-25-26-27-28-29-30-31-32-33-34-35-36-37-39-41-43-45-47-53(61)58-50(49-65-57-56(64)55(63)54(62)52(48-59)66-57)51(60)46-44-42-40-38-14-12-10-8-6-4-2/h5,7,11,13,16-17,19-20,22-23,25-26,28-29,44,46,50-52,54-57,59-60,62-64H,3-4,6,8-10,12,14-15,18,21,24,27,30-43,45,47-49H2,1-2H3,(H,58,61)/b7-5-,13-11-,17-16-,20-19-,23-22-,26-25-,29-28-,46-44+. The van der Waals surface area contributed by atoms with Crippen molar-refractivity contribution >= 4 is 5.91 Å². The van der Waals surface area contributed by atoms with Gasteiger partial charge in [0.2, 0.25) is 5.91 Å². The normalized spacial score (nSPS) is 20.6. The van der Waals surface area contributed by atoms with E-state index in [1.807, 2.05) is 6.08 Å². The molecule has 0 saturated carbocycles. The van der Waals surface area contributed by atoms with Gasteiger partial charge in [-0.2, -0.15) is 0 Å². The lowest BCUT2D eigenvalue weighted by Crippen LogP contribution is -2.60. The third-order valence-corrected chi connectivity index (χ3v) is 11.9. The minimum Gasteiger partial charge on any atom is -0.394 e. The lowest BCUT2D eigenvalue weighted by molar-refractivity contribution is -0.302. The highest BCUT2D eigenvalue weighted by atomic mass is 16.7. The zero-order chi connectivity index (χ0) is 48.0. The van der Waals surface area contributed by atoms with Gasteiger partial charge in [0.1, 0.15) is 24.4 Å². The number of aliphatic hydroxyl groups is 5. The number of hydrogen-bond acceptors (Lipinski definition) is 8. The highest BCUT2D eigenvalue weighted by Crippen LogP contribution is 2.23. The van der Waals surface area contributed by atoms with Crippen molar-refractivity contribution in [3.8, 4) is 0 Å². The molecule has 9 nitrogen and oxygen atoms in total. The van der Waals surface area contributed by atoms with Crippen LogP contribution in [0.3, 0.4) is 0 Å². The van der Waals surface area contributed by atoms with Gasteiger partial charge in [0, 0.05) is 6.42 Å². The Morgan fingerprint density at radius 3 is 1.39 bits per heavy atom. The Morgan fingerprint density at radius 2 is 0.939 bits per heavy atom. The Balaban J connectivity index is 2.16. The fraction of sp³-hybridized carbons (Fsp3) is 0.702. The van der Waals surface area contributed by atoms with Crippen molar-refractivity contribution in [3.63, 3.8) is 0 Å². The fourth-order valence-electron chi connectivity index (χ4n) is 7.72. The van der Waals surface area contributed by atoms with E-state index in [4.69, 9.17) is 9.47 Å². The van der Waals surface area contributed by atoms with Gasteiger partial charge in [-0.1, -0.05) is 214 Å². The molecular weight excluding hydrogens is 827 g/mol. The second kappa shape index (κ2) is 45.9. The molecule has 0 radical (unpaired) electrons. The average molecular weight is 924 g/mol. The summed E-state index contributed by atoms with van der Waals surface area (Å²) >= 11 is 0. The molecule has 0 spiro atoms. The molecule has 378 valence electrons. The van der Waals surface area contributed by atoms with E-state index in [9.17, 15) is 30.3 Å². The molecule has 1 aliphatic heterocycles. The molecular formula is C57H97NO8. The van der Waals surface area contributed by atoms with Crippen molar-refractivity contribution in [1.29, 1.82) is 0 Å². The number of unbranched alkanes of at least 4 members (excludes halogenated alkanes) is 19. The fourth-order valence-corrected chi connectivity index (χ4v) is 7.72. The number of nitrogens with one attached hydrogen (secondary N) is 1. The van der Waals surface area contributed by atoms with E-state index in [-0.39, 0.29) is 12.5 Å². The number of hydrogen-bond donors (Lipinski definition) is 6. The molecule has 1 heterocycles. The third kappa shape index (κ3) is 35.3.